The number of amides is 1. The molecule has 1 aliphatic heterocycles. The van der Waals surface area contributed by atoms with Crippen LogP contribution in [-0.4, -0.2) is 44.5 Å². The van der Waals surface area contributed by atoms with Gasteiger partial charge < -0.3 is 16.0 Å². The van der Waals surface area contributed by atoms with Crippen molar-refractivity contribution in [2.24, 2.45) is 0 Å². The van der Waals surface area contributed by atoms with E-state index < -0.39 is 0 Å². The molecule has 1 saturated heterocycles. The molecule has 0 bridgehead atoms. The lowest BCUT2D eigenvalue weighted by atomic mass is 10.1. The number of carbonyl (C=O) groups is 1. The standard InChI is InChI=1S/C20H21N7O/c1-13(28)26-7-2-3-15(12-26)24-20-17(22)4-5-18(25-20)16-11-23-27-8-6-14(10-21)9-19(16)27/h4-6,8-9,11,15H,2-3,7,12,22H2,1H3,(H,24,25)/t15-/m0/s1. The van der Waals surface area contributed by atoms with Gasteiger partial charge in [0.05, 0.1) is 34.7 Å². The topological polar surface area (TPSA) is 112 Å². The van der Waals surface area contributed by atoms with Crippen LogP contribution in [-0.2, 0) is 4.79 Å². The fourth-order valence-electron chi connectivity index (χ4n) is 3.56. The number of aromatic nitrogens is 3. The van der Waals surface area contributed by atoms with E-state index in [-0.39, 0.29) is 11.9 Å². The first-order valence-corrected chi connectivity index (χ1v) is 9.21. The first-order chi connectivity index (χ1) is 13.5. The Morgan fingerprint density at radius 1 is 1.39 bits per heavy atom. The van der Waals surface area contributed by atoms with Crippen LogP contribution in [0, 0.1) is 11.3 Å². The molecule has 28 heavy (non-hydrogen) atoms. The van der Waals surface area contributed by atoms with Crippen molar-refractivity contribution in [2.45, 2.75) is 25.8 Å². The molecule has 8 heteroatoms. The summed E-state index contributed by atoms with van der Waals surface area (Å²) in [6.45, 7) is 3.03. The summed E-state index contributed by atoms with van der Waals surface area (Å²) in [5.74, 6) is 0.685. The highest BCUT2D eigenvalue weighted by atomic mass is 16.2. The summed E-state index contributed by atoms with van der Waals surface area (Å²) < 4.78 is 1.72. The third-order valence-corrected chi connectivity index (χ3v) is 5.06. The quantitative estimate of drug-likeness (QED) is 0.726. The zero-order chi connectivity index (χ0) is 19.7. The van der Waals surface area contributed by atoms with E-state index in [4.69, 9.17) is 16.0 Å². The van der Waals surface area contributed by atoms with Gasteiger partial charge in [-0.25, -0.2) is 9.50 Å². The van der Waals surface area contributed by atoms with Crippen molar-refractivity contribution in [3.05, 3.63) is 42.2 Å². The number of pyridine rings is 2. The molecule has 8 nitrogen and oxygen atoms in total. The Balaban J connectivity index is 1.65. The minimum Gasteiger partial charge on any atom is -0.396 e. The Hall–Kier alpha value is -3.60. The number of anilines is 2. The molecule has 4 heterocycles. The summed E-state index contributed by atoms with van der Waals surface area (Å²) >= 11 is 0. The van der Waals surface area contributed by atoms with Crippen molar-refractivity contribution in [3.8, 4) is 17.3 Å². The Labute approximate surface area is 162 Å². The number of likely N-dealkylation sites (tertiary alicyclic amines) is 1. The number of nitrogens with one attached hydrogen (secondary N) is 1. The van der Waals surface area contributed by atoms with Crippen molar-refractivity contribution in [3.63, 3.8) is 0 Å². The van der Waals surface area contributed by atoms with Crippen LogP contribution in [0.4, 0.5) is 11.5 Å². The van der Waals surface area contributed by atoms with Crippen LogP contribution < -0.4 is 11.1 Å². The van der Waals surface area contributed by atoms with Crippen molar-refractivity contribution in [2.75, 3.05) is 24.1 Å². The van der Waals surface area contributed by atoms with Gasteiger partial charge in [0, 0.05) is 37.8 Å². The largest absolute Gasteiger partial charge is 0.396 e. The van der Waals surface area contributed by atoms with Gasteiger partial charge in [-0.1, -0.05) is 0 Å². The minimum atomic E-state index is 0.0841. The molecule has 0 radical (unpaired) electrons. The summed E-state index contributed by atoms with van der Waals surface area (Å²) in [6, 6.07) is 9.43. The molecule has 1 aliphatic rings. The summed E-state index contributed by atoms with van der Waals surface area (Å²) in [4.78, 5) is 18.2. The fourth-order valence-corrected chi connectivity index (χ4v) is 3.56. The predicted octanol–water partition coefficient (Wildman–Crippen LogP) is 2.27. The van der Waals surface area contributed by atoms with Gasteiger partial charge in [-0.15, -0.1) is 0 Å². The van der Waals surface area contributed by atoms with Gasteiger partial charge in [-0.05, 0) is 37.1 Å². The smallest absolute Gasteiger partial charge is 0.219 e. The second-order valence-electron chi connectivity index (χ2n) is 7.00. The molecule has 4 rings (SSSR count). The van der Waals surface area contributed by atoms with Crippen LogP contribution in [0.25, 0.3) is 16.8 Å². The maximum Gasteiger partial charge on any atom is 0.219 e. The molecule has 0 aliphatic carbocycles. The molecule has 3 aromatic rings. The molecular formula is C20H21N7O. The highest BCUT2D eigenvalue weighted by Gasteiger charge is 2.22. The van der Waals surface area contributed by atoms with Crippen LogP contribution in [0.15, 0.2) is 36.7 Å². The van der Waals surface area contributed by atoms with Crippen molar-refractivity contribution in [1.82, 2.24) is 19.5 Å². The van der Waals surface area contributed by atoms with E-state index in [1.807, 2.05) is 17.0 Å². The first-order valence-electron chi connectivity index (χ1n) is 9.21. The number of nitriles is 1. The molecule has 1 fully saturated rings. The van der Waals surface area contributed by atoms with E-state index in [0.29, 0.717) is 23.6 Å². The second kappa shape index (κ2) is 7.19. The van der Waals surface area contributed by atoms with E-state index in [1.54, 1.807) is 36.0 Å². The van der Waals surface area contributed by atoms with Gasteiger partial charge in [-0.2, -0.15) is 10.4 Å². The minimum absolute atomic E-state index is 0.0841. The van der Waals surface area contributed by atoms with Gasteiger partial charge in [0.25, 0.3) is 0 Å². The van der Waals surface area contributed by atoms with Crippen LogP contribution >= 0.6 is 0 Å². The molecule has 1 amide bonds. The Kier molecular flexibility index (Phi) is 4.57. The number of nitrogens with two attached hydrogens (primary N) is 1. The molecule has 0 unspecified atom stereocenters. The SMILES string of the molecule is CC(=O)N1CCC[C@H](Nc2nc(-c3cnn4ccc(C#N)cc34)ccc2N)C1. The highest BCUT2D eigenvalue weighted by Crippen LogP contribution is 2.28. The Morgan fingerprint density at radius 2 is 2.25 bits per heavy atom. The third-order valence-electron chi connectivity index (χ3n) is 5.06. The number of carbonyl (C=O) groups excluding carboxylic acids is 1. The van der Waals surface area contributed by atoms with E-state index in [0.717, 1.165) is 36.2 Å². The molecule has 0 spiro atoms. The Bertz CT molecular complexity index is 1080. The lowest BCUT2D eigenvalue weighted by molar-refractivity contribution is -0.129. The molecule has 1 atom stereocenters. The molecule has 3 N–H and O–H groups in total. The summed E-state index contributed by atoms with van der Waals surface area (Å²) in [5, 5.41) is 16.9. The number of hydrogen-bond donors (Lipinski definition) is 2. The number of fused-ring (bicyclic) bond motifs is 1. The fraction of sp³-hybridized carbons (Fsp3) is 0.300. The zero-order valence-corrected chi connectivity index (χ0v) is 15.6. The predicted molar refractivity (Wildman–Crippen MR) is 106 cm³/mol. The van der Waals surface area contributed by atoms with E-state index >= 15 is 0 Å². The number of rotatable bonds is 3. The monoisotopic (exact) mass is 375 g/mol. The lowest BCUT2D eigenvalue weighted by Crippen LogP contribution is -2.44. The number of nitrogen functional groups attached to an aromatic ring is 1. The van der Waals surface area contributed by atoms with Gasteiger partial charge in [0.15, 0.2) is 0 Å². The van der Waals surface area contributed by atoms with E-state index in [1.165, 1.54) is 0 Å². The van der Waals surface area contributed by atoms with Gasteiger partial charge in [-0.3, -0.25) is 4.79 Å². The Morgan fingerprint density at radius 3 is 3.04 bits per heavy atom. The zero-order valence-electron chi connectivity index (χ0n) is 15.6. The van der Waals surface area contributed by atoms with Crippen LogP contribution in [0.1, 0.15) is 25.3 Å². The normalized spacial score (nSPS) is 16.7. The maximum atomic E-state index is 11.7. The molecular weight excluding hydrogens is 354 g/mol. The molecule has 0 saturated carbocycles. The second-order valence-corrected chi connectivity index (χ2v) is 7.00. The summed E-state index contributed by atoms with van der Waals surface area (Å²) in [6.07, 6.45) is 5.39. The maximum absolute atomic E-state index is 11.7. The molecule has 3 aromatic heterocycles. The van der Waals surface area contributed by atoms with Gasteiger partial charge in [0.2, 0.25) is 5.91 Å². The first kappa shape index (κ1) is 17.8. The van der Waals surface area contributed by atoms with E-state index in [2.05, 4.69) is 16.5 Å². The molecule has 0 aromatic carbocycles. The van der Waals surface area contributed by atoms with Crippen molar-refractivity contribution >= 4 is 22.9 Å². The van der Waals surface area contributed by atoms with Crippen molar-refractivity contribution in [1.29, 1.82) is 5.26 Å². The van der Waals surface area contributed by atoms with Gasteiger partial charge in [0.1, 0.15) is 5.82 Å². The lowest BCUT2D eigenvalue weighted by Gasteiger charge is -2.33. The average Bonchev–Trinajstić information content (AvgIpc) is 3.13. The molecule has 142 valence electrons. The highest BCUT2D eigenvalue weighted by molar-refractivity contribution is 5.80. The average molecular weight is 375 g/mol. The van der Waals surface area contributed by atoms with Crippen molar-refractivity contribution < 1.29 is 4.79 Å². The van der Waals surface area contributed by atoms with E-state index in [9.17, 15) is 4.79 Å². The third kappa shape index (κ3) is 3.34. The summed E-state index contributed by atoms with van der Waals surface area (Å²) in [5.41, 5.74) is 9.62. The summed E-state index contributed by atoms with van der Waals surface area (Å²) in [7, 11) is 0. The van der Waals surface area contributed by atoms with Crippen LogP contribution in [0.2, 0.25) is 0 Å². The van der Waals surface area contributed by atoms with Crippen LogP contribution in [0.3, 0.4) is 0 Å². The van der Waals surface area contributed by atoms with Crippen LogP contribution in [0.5, 0.6) is 0 Å². The van der Waals surface area contributed by atoms with Gasteiger partial charge >= 0.3 is 0 Å². The number of nitrogens with zero attached hydrogens (tertiary/aromatic N) is 5. The number of hydrogen-bond acceptors (Lipinski definition) is 6. The number of piperidine rings is 1.